The zero-order chi connectivity index (χ0) is 19.0. The highest BCUT2D eigenvalue weighted by atomic mass is 35.5. The molecule has 1 unspecified atom stereocenters. The quantitative estimate of drug-likeness (QED) is 0.566. The Morgan fingerprint density at radius 1 is 1.26 bits per heavy atom. The van der Waals surface area contributed by atoms with Gasteiger partial charge in [0.15, 0.2) is 5.65 Å². The van der Waals surface area contributed by atoms with Crippen LogP contribution in [0.15, 0.2) is 24.5 Å². The van der Waals surface area contributed by atoms with Crippen LogP contribution < -0.4 is 0 Å². The van der Waals surface area contributed by atoms with Crippen LogP contribution in [0.3, 0.4) is 0 Å². The van der Waals surface area contributed by atoms with Crippen LogP contribution in [-0.4, -0.2) is 19.9 Å². The molecule has 1 aliphatic carbocycles. The smallest absolute Gasteiger partial charge is 0.216 e. The Labute approximate surface area is 163 Å². The summed E-state index contributed by atoms with van der Waals surface area (Å²) in [6.45, 7) is 4.05. The highest BCUT2D eigenvalue weighted by molar-refractivity contribution is 6.31. The van der Waals surface area contributed by atoms with Crippen LogP contribution in [0.25, 0.3) is 11.2 Å². The first-order chi connectivity index (χ1) is 13.1. The van der Waals surface area contributed by atoms with E-state index in [4.69, 9.17) is 16.6 Å². The predicted octanol–water partition coefficient (Wildman–Crippen LogP) is 5.92. The minimum Gasteiger partial charge on any atom is -0.340 e. The van der Waals surface area contributed by atoms with Crippen LogP contribution in [0, 0.1) is 18.8 Å². The second-order valence-corrected chi connectivity index (χ2v) is 8.03. The second kappa shape index (κ2) is 7.55. The molecule has 3 aromatic rings. The molecule has 4 nitrogen and oxygen atoms in total. The molecule has 1 atom stereocenters. The van der Waals surface area contributed by atoms with Gasteiger partial charge in [-0.3, -0.25) is 0 Å². The molecule has 3 aromatic heterocycles. The van der Waals surface area contributed by atoms with E-state index >= 15 is 0 Å². The lowest BCUT2D eigenvalue weighted by Crippen LogP contribution is -2.21. The monoisotopic (exact) mass is 386 g/mol. The SMILES string of the molecule is CCC(c1nc2ncc(Cl)cc2[nH]1)[C@H]1CC[C@@H](c2ccnc(F)c2C)CC1. The maximum atomic E-state index is 13.8. The topological polar surface area (TPSA) is 54.5 Å². The number of pyridine rings is 2. The molecule has 0 bridgehead atoms. The third-order valence-electron chi connectivity index (χ3n) is 6.08. The molecular formula is C21H24ClFN4. The zero-order valence-electron chi connectivity index (χ0n) is 15.7. The van der Waals surface area contributed by atoms with Gasteiger partial charge in [-0.25, -0.2) is 15.0 Å². The number of hydrogen-bond acceptors (Lipinski definition) is 3. The molecule has 0 spiro atoms. The summed E-state index contributed by atoms with van der Waals surface area (Å²) in [6.07, 6.45) is 8.66. The van der Waals surface area contributed by atoms with Gasteiger partial charge >= 0.3 is 0 Å². The number of aromatic amines is 1. The van der Waals surface area contributed by atoms with Crippen LogP contribution in [0.4, 0.5) is 4.39 Å². The van der Waals surface area contributed by atoms with Crippen molar-refractivity contribution in [3.05, 3.63) is 52.4 Å². The lowest BCUT2D eigenvalue weighted by atomic mass is 9.72. The average Bonchev–Trinajstić information content (AvgIpc) is 3.08. The van der Waals surface area contributed by atoms with Gasteiger partial charge in [0.1, 0.15) is 5.82 Å². The molecule has 27 heavy (non-hydrogen) atoms. The van der Waals surface area contributed by atoms with Gasteiger partial charge in [0.2, 0.25) is 5.95 Å². The van der Waals surface area contributed by atoms with Gasteiger partial charge < -0.3 is 4.98 Å². The number of imidazole rings is 1. The molecule has 142 valence electrons. The van der Waals surface area contributed by atoms with Crippen molar-refractivity contribution in [3.63, 3.8) is 0 Å². The molecule has 1 N–H and O–H groups in total. The number of rotatable bonds is 4. The highest BCUT2D eigenvalue weighted by Gasteiger charge is 2.31. The van der Waals surface area contributed by atoms with E-state index in [1.807, 2.05) is 19.1 Å². The van der Waals surface area contributed by atoms with Gasteiger partial charge in [0.25, 0.3) is 0 Å². The molecule has 0 aromatic carbocycles. The minimum atomic E-state index is -0.338. The fraction of sp³-hybridized carbons (Fsp3) is 0.476. The first-order valence-electron chi connectivity index (χ1n) is 9.69. The normalized spacial score (nSPS) is 21.5. The van der Waals surface area contributed by atoms with Crippen LogP contribution in [-0.2, 0) is 0 Å². The molecule has 6 heteroatoms. The molecule has 0 saturated heterocycles. The van der Waals surface area contributed by atoms with E-state index in [-0.39, 0.29) is 5.95 Å². The molecule has 1 saturated carbocycles. The Balaban J connectivity index is 1.50. The molecule has 4 rings (SSSR count). The maximum absolute atomic E-state index is 13.8. The van der Waals surface area contributed by atoms with Crippen molar-refractivity contribution in [3.8, 4) is 0 Å². The van der Waals surface area contributed by atoms with Crippen molar-refractivity contribution >= 4 is 22.8 Å². The third-order valence-corrected chi connectivity index (χ3v) is 6.29. The fourth-order valence-corrected chi connectivity index (χ4v) is 4.78. The first kappa shape index (κ1) is 18.4. The second-order valence-electron chi connectivity index (χ2n) is 7.59. The Morgan fingerprint density at radius 3 is 2.78 bits per heavy atom. The van der Waals surface area contributed by atoms with E-state index in [0.29, 0.717) is 28.3 Å². The molecule has 0 aliphatic heterocycles. The van der Waals surface area contributed by atoms with Crippen molar-refractivity contribution in [1.29, 1.82) is 0 Å². The lowest BCUT2D eigenvalue weighted by molar-refractivity contribution is 0.270. The van der Waals surface area contributed by atoms with E-state index in [0.717, 1.165) is 54.7 Å². The number of halogens is 2. The van der Waals surface area contributed by atoms with Crippen LogP contribution in [0.1, 0.15) is 67.8 Å². The zero-order valence-corrected chi connectivity index (χ0v) is 16.4. The Morgan fingerprint density at radius 2 is 2.04 bits per heavy atom. The van der Waals surface area contributed by atoms with Crippen molar-refractivity contribution in [1.82, 2.24) is 19.9 Å². The Hall–Kier alpha value is -2.01. The highest BCUT2D eigenvalue weighted by Crippen LogP contribution is 2.43. The third kappa shape index (κ3) is 3.57. The number of aromatic nitrogens is 4. The molecule has 0 amide bonds. The summed E-state index contributed by atoms with van der Waals surface area (Å²) >= 11 is 6.05. The van der Waals surface area contributed by atoms with E-state index in [2.05, 4.69) is 21.9 Å². The summed E-state index contributed by atoms with van der Waals surface area (Å²) < 4.78 is 13.8. The minimum absolute atomic E-state index is 0.338. The number of nitrogens with one attached hydrogen (secondary N) is 1. The Kier molecular flexibility index (Phi) is 5.13. The van der Waals surface area contributed by atoms with Gasteiger partial charge in [-0.2, -0.15) is 4.39 Å². The van der Waals surface area contributed by atoms with Crippen molar-refractivity contribution in [2.45, 2.75) is 57.8 Å². The van der Waals surface area contributed by atoms with Crippen LogP contribution in [0.5, 0.6) is 0 Å². The van der Waals surface area contributed by atoms with E-state index in [9.17, 15) is 4.39 Å². The van der Waals surface area contributed by atoms with Gasteiger partial charge in [-0.05, 0) is 68.6 Å². The summed E-state index contributed by atoms with van der Waals surface area (Å²) in [7, 11) is 0. The molecule has 1 fully saturated rings. The fourth-order valence-electron chi connectivity index (χ4n) is 4.62. The number of fused-ring (bicyclic) bond motifs is 1. The van der Waals surface area contributed by atoms with Crippen molar-refractivity contribution in [2.24, 2.45) is 5.92 Å². The maximum Gasteiger partial charge on any atom is 0.216 e. The largest absolute Gasteiger partial charge is 0.340 e. The van der Waals surface area contributed by atoms with Crippen molar-refractivity contribution in [2.75, 3.05) is 0 Å². The van der Waals surface area contributed by atoms with E-state index in [1.165, 1.54) is 0 Å². The first-order valence-corrected chi connectivity index (χ1v) is 10.1. The summed E-state index contributed by atoms with van der Waals surface area (Å²) in [5, 5.41) is 0.617. The standard InChI is InChI=1S/C21H24ClFN4/c1-3-16(20-26-18-10-15(22)11-25-21(18)27-20)13-4-6-14(7-5-13)17-8-9-24-19(23)12(17)2/h8-11,13-14,16H,3-7H2,1-2H3,(H,25,26,27)/t13-,14+,16?. The lowest BCUT2D eigenvalue weighted by Gasteiger charge is -2.33. The van der Waals surface area contributed by atoms with Crippen LogP contribution >= 0.6 is 11.6 Å². The number of H-pyrrole nitrogens is 1. The molecule has 0 radical (unpaired) electrons. The van der Waals surface area contributed by atoms with Gasteiger partial charge in [-0.1, -0.05) is 18.5 Å². The van der Waals surface area contributed by atoms with Gasteiger partial charge in [-0.15, -0.1) is 0 Å². The molecular weight excluding hydrogens is 363 g/mol. The van der Waals surface area contributed by atoms with Gasteiger partial charge in [0, 0.05) is 23.9 Å². The summed E-state index contributed by atoms with van der Waals surface area (Å²) in [5.41, 5.74) is 3.45. The summed E-state index contributed by atoms with van der Waals surface area (Å²) in [4.78, 5) is 16.2. The summed E-state index contributed by atoms with van der Waals surface area (Å²) in [5.74, 6) is 2.06. The summed E-state index contributed by atoms with van der Waals surface area (Å²) in [6, 6.07) is 3.86. The Bertz CT molecular complexity index is 947. The molecule has 3 heterocycles. The van der Waals surface area contributed by atoms with Crippen LogP contribution in [0.2, 0.25) is 5.02 Å². The predicted molar refractivity (Wildman–Crippen MR) is 106 cm³/mol. The van der Waals surface area contributed by atoms with E-state index < -0.39 is 0 Å². The van der Waals surface area contributed by atoms with E-state index in [1.54, 1.807) is 12.4 Å². The van der Waals surface area contributed by atoms with Gasteiger partial charge in [0.05, 0.1) is 10.5 Å². The number of nitrogens with zero attached hydrogens (tertiary/aromatic N) is 3. The molecule has 1 aliphatic rings. The number of hydrogen-bond donors (Lipinski definition) is 1. The van der Waals surface area contributed by atoms with Crippen molar-refractivity contribution < 1.29 is 4.39 Å². The average molecular weight is 387 g/mol.